The highest BCUT2D eigenvalue weighted by molar-refractivity contribution is 7.15. The Morgan fingerprint density at radius 1 is 1.20 bits per heavy atom. The number of anilines is 2. The van der Waals surface area contributed by atoms with Crippen LogP contribution in [0.5, 0.6) is 0 Å². The van der Waals surface area contributed by atoms with Gasteiger partial charge in [0, 0.05) is 29.6 Å². The van der Waals surface area contributed by atoms with Crippen molar-refractivity contribution in [1.82, 2.24) is 15.2 Å². The third kappa shape index (κ3) is 4.48. The number of hydrogen-bond acceptors (Lipinski definition) is 4. The molecule has 0 saturated carbocycles. The number of carbonyl (C=O) groups excluding carboxylic acids is 2. The van der Waals surface area contributed by atoms with Crippen molar-refractivity contribution in [3.05, 3.63) is 40.9 Å². The molecule has 1 aliphatic heterocycles. The highest BCUT2D eigenvalue weighted by Gasteiger charge is 2.24. The Hall–Kier alpha value is -2.61. The molecular weight excluding hydrogens is 338 g/mol. The van der Waals surface area contributed by atoms with Crippen molar-refractivity contribution in [2.45, 2.75) is 32.9 Å². The van der Waals surface area contributed by atoms with Crippen molar-refractivity contribution in [2.75, 3.05) is 17.2 Å². The fourth-order valence-corrected chi connectivity index (χ4v) is 3.56. The van der Waals surface area contributed by atoms with Crippen LogP contribution >= 0.6 is 11.3 Å². The molecule has 2 aromatic rings. The maximum atomic E-state index is 12.4. The highest BCUT2D eigenvalue weighted by atomic mass is 32.1. The number of para-hydroxylation sites is 1. The van der Waals surface area contributed by atoms with E-state index in [1.165, 1.54) is 11.3 Å². The summed E-state index contributed by atoms with van der Waals surface area (Å²) in [5.74, 6) is 0. The lowest BCUT2D eigenvalue weighted by Crippen LogP contribution is -2.38. The van der Waals surface area contributed by atoms with Crippen LogP contribution in [0.25, 0.3) is 0 Å². The van der Waals surface area contributed by atoms with Gasteiger partial charge in [-0.1, -0.05) is 29.5 Å². The predicted octanol–water partition coefficient (Wildman–Crippen LogP) is 3.26. The summed E-state index contributed by atoms with van der Waals surface area (Å²) in [5, 5.41) is 8.98. The number of hydrogen-bond donors (Lipinski definition) is 3. The molecule has 1 aliphatic rings. The Bertz CT molecular complexity index is 760. The quantitative estimate of drug-likeness (QED) is 0.786. The Morgan fingerprint density at radius 3 is 2.68 bits per heavy atom. The summed E-state index contributed by atoms with van der Waals surface area (Å²) in [6, 6.07) is 9.05. The third-order valence-electron chi connectivity index (χ3n) is 3.68. The molecule has 7 nitrogen and oxygen atoms in total. The maximum absolute atomic E-state index is 12.4. The van der Waals surface area contributed by atoms with Gasteiger partial charge in [-0.25, -0.2) is 14.6 Å². The van der Waals surface area contributed by atoms with Crippen LogP contribution in [-0.4, -0.2) is 34.5 Å². The van der Waals surface area contributed by atoms with E-state index in [2.05, 4.69) is 20.9 Å². The van der Waals surface area contributed by atoms with E-state index in [0.717, 1.165) is 16.3 Å². The fourth-order valence-electron chi connectivity index (χ4n) is 2.54. The lowest BCUT2D eigenvalue weighted by molar-refractivity contribution is 0.207. The Labute approximate surface area is 150 Å². The van der Waals surface area contributed by atoms with E-state index in [0.29, 0.717) is 24.6 Å². The van der Waals surface area contributed by atoms with Crippen molar-refractivity contribution >= 4 is 34.2 Å². The first kappa shape index (κ1) is 17.2. The van der Waals surface area contributed by atoms with Gasteiger partial charge >= 0.3 is 12.1 Å². The van der Waals surface area contributed by atoms with E-state index in [1.807, 2.05) is 44.2 Å². The van der Waals surface area contributed by atoms with Crippen molar-refractivity contribution in [3.63, 3.8) is 0 Å². The summed E-state index contributed by atoms with van der Waals surface area (Å²) in [5.41, 5.74) is 1.73. The molecule has 0 fully saturated rings. The summed E-state index contributed by atoms with van der Waals surface area (Å²) < 4.78 is 0. The summed E-state index contributed by atoms with van der Waals surface area (Å²) in [6.07, 6.45) is 0.682. The molecule has 132 valence electrons. The van der Waals surface area contributed by atoms with Crippen LogP contribution in [0, 0.1) is 0 Å². The Balaban J connectivity index is 1.61. The standard InChI is InChI=1S/C17H21N5O2S/c1-11(2)18-15(23)21-16-20-13-8-9-22(10-14(13)25-16)17(24)19-12-6-4-3-5-7-12/h3-7,11H,8-10H2,1-2H3,(H,19,24)(H2,18,20,21,23). The molecule has 0 unspecified atom stereocenters. The zero-order chi connectivity index (χ0) is 17.8. The first-order chi connectivity index (χ1) is 12.0. The minimum Gasteiger partial charge on any atom is -0.336 e. The molecule has 3 rings (SSSR count). The number of thiazole rings is 1. The summed E-state index contributed by atoms with van der Waals surface area (Å²) in [4.78, 5) is 31.4. The van der Waals surface area contributed by atoms with Gasteiger partial charge in [0.05, 0.1) is 12.2 Å². The monoisotopic (exact) mass is 359 g/mol. The van der Waals surface area contributed by atoms with Gasteiger partial charge in [-0.3, -0.25) is 5.32 Å². The second-order valence-corrected chi connectivity index (χ2v) is 7.19. The number of rotatable bonds is 3. The van der Waals surface area contributed by atoms with Crippen molar-refractivity contribution in [2.24, 2.45) is 0 Å². The maximum Gasteiger partial charge on any atom is 0.322 e. The van der Waals surface area contributed by atoms with Gasteiger partial charge in [-0.05, 0) is 26.0 Å². The van der Waals surface area contributed by atoms with Gasteiger partial charge in [-0.2, -0.15) is 0 Å². The van der Waals surface area contributed by atoms with Gasteiger partial charge in [0.2, 0.25) is 0 Å². The fraction of sp³-hybridized carbons (Fsp3) is 0.353. The SMILES string of the molecule is CC(C)NC(=O)Nc1nc2c(s1)CN(C(=O)Nc1ccccc1)CC2. The zero-order valence-corrected chi connectivity index (χ0v) is 15.0. The molecule has 0 aliphatic carbocycles. The number of urea groups is 2. The normalized spacial score (nSPS) is 13.3. The molecule has 25 heavy (non-hydrogen) atoms. The number of nitrogens with one attached hydrogen (secondary N) is 3. The van der Waals surface area contributed by atoms with Gasteiger partial charge in [0.15, 0.2) is 5.13 Å². The van der Waals surface area contributed by atoms with E-state index < -0.39 is 0 Å². The first-order valence-corrected chi connectivity index (χ1v) is 9.00. The molecule has 1 aromatic carbocycles. The molecule has 1 aromatic heterocycles. The molecule has 0 atom stereocenters. The summed E-state index contributed by atoms with van der Waals surface area (Å²) in [6.45, 7) is 4.90. The smallest absolute Gasteiger partial charge is 0.322 e. The lowest BCUT2D eigenvalue weighted by atomic mass is 10.2. The number of amides is 4. The first-order valence-electron chi connectivity index (χ1n) is 8.18. The van der Waals surface area contributed by atoms with E-state index in [1.54, 1.807) is 4.90 Å². The van der Waals surface area contributed by atoms with Crippen LogP contribution in [-0.2, 0) is 13.0 Å². The molecule has 4 amide bonds. The summed E-state index contributed by atoms with van der Waals surface area (Å²) >= 11 is 1.41. The van der Waals surface area contributed by atoms with Gasteiger partial charge in [-0.15, -0.1) is 0 Å². The van der Waals surface area contributed by atoms with Crippen LogP contribution < -0.4 is 16.0 Å². The largest absolute Gasteiger partial charge is 0.336 e. The average molecular weight is 359 g/mol. The molecule has 0 spiro atoms. The van der Waals surface area contributed by atoms with Crippen LogP contribution in [0.4, 0.5) is 20.4 Å². The highest BCUT2D eigenvalue weighted by Crippen LogP contribution is 2.28. The van der Waals surface area contributed by atoms with Crippen LogP contribution in [0.1, 0.15) is 24.4 Å². The molecule has 0 saturated heterocycles. The van der Waals surface area contributed by atoms with Crippen LogP contribution in [0.15, 0.2) is 30.3 Å². The topological polar surface area (TPSA) is 86.4 Å². The van der Waals surface area contributed by atoms with Crippen LogP contribution in [0.2, 0.25) is 0 Å². The minimum absolute atomic E-state index is 0.0618. The van der Waals surface area contributed by atoms with E-state index in [9.17, 15) is 9.59 Å². The molecule has 8 heteroatoms. The molecule has 3 N–H and O–H groups in total. The van der Waals surface area contributed by atoms with Crippen molar-refractivity contribution in [3.8, 4) is 0 Å². The molecular formula is C17H21N5O2S. The second-order valence-electron chi connectivity index (χ2n) is 6.11. The van der Waals surface area contributed by atoms with E-state index in [-0.39, 0.29) is 18.1 Å². The minimum atomic E-state index is -0.264. The second kappa shape index (κ2) is 7.52. The average Bonchev–Trinajstić information content (AvgIpc) is 2.95. The molecule has 0 radical (unpaired) electrons. The number of benzene rings is 1. The Kier molecular flexibility index (Phi) is 5.18. The van der Waals surface area contributed by atoms with E-state index >= 15 is 0 Å². The van der Waals surface area contributed by atoms with Crippen molar-refractivity contribution in [1.29, 1.82) is 0 Å². The number of nitrogens with zero attached hydrogens (tertiary/aromatic N) is 2. The summed E-state index contributed by atoms with van der Waals surface area (Å²) in [7, 11) is 0. The van der Waals surface area contributed by atoms with Gasteiger partial charge < -0.3 is 15.5 Å². The zero-order valence-electron chi connectivity index (χ0n) is 14.2. The predicted molar refractivity (Wildman–Crippen MR) is 99.0 cm³/mol. The third-order valence-corrected chi connectivity index (χ3v) is 4.68. The van der Waals surface area contributed by atoms with Crippen molar-refractivity contribution < 1.29 is 9.59 Å². The van der Waals surface area contributed by atoms with Crippen LogP contribution in [0.3, 0.4) is 0 Å². The van der Waals surface area contributed by atoms with Gasteiger partial charge in [0.1, 0.15) is 0 Å². The Morgan fingerprint density at radius 2 is 1.96 bits per heavy atom. The lowest BCUT2D eigenvalue weighted by Gasteiger charge is -2.26. The molecule has 2 heterocycles. The number of fused-ring (bicyclic) bond motifs is 1. The molecule has 0 bridgehead atoms. The number of aromatic nitrogens is 1. The number of carbonyl (C=O) groups is 2. The van der Waals surface area contributed by atoms with Gasteiger partial charge in [0.25, 0.3) is 0 Å². The van der Waals surface area contributed by atoms with E-state index in [4.69, 9.17) is 0 Å².